The fourth-order valence-electron chi connectivity index (χ4n) is 4.34. The Morgan fingerprint density at radius 3 is 2.36 bits per heavy atom. The Labute approximate surface area is 145 Å². The molecule has 1 N–H and O–H groups in total. The van der Waals surface area contributed by atoms with E-state index in [2.05, 4.69) is 0 Å². The van der Waals surface area contributed by atoms with Gasteiger partial charge in [0.15, 0.2) is 0 Å². The fraction of sp³-hybridized carbons (Fsp3) is 0.579. The monoisotopic (exact) mass is 351 g/mol. The average molecular weight is 351 g/mol. The standard InChI is InChI=1S/C19H23F2NO3/c20-14-3-4-15(16(21)12-14)19(7-1-2-8-19)18(25)22-9-5-13(6-10-22)11-17(23)24/h3-4,12-13H,1-2,5-11H2,(H,23,24). The van der Waals surface area contributed by atoms with E-state index in [-0.39, 0.29) is 18.2 Å². The Morgan fingerprint density at radius 2 is 1.80 bits per heavy atom. The lowest BCUT2D eigenvalue weighted by atomic mass is 9.76. The minimum atomic E-state index is -0.905. The number of hydrogen-bond donors (Lipinski definition) is 1. The number of rotatable bonds is 4. The van der Waals surface area contributed by atoms with Crippen LogP contribution < -0.4 is 0 Å². The van der Waals surface area contributed by atoms with Gasteiger partial charge in [-0.05, 0) is 37.7 Å². The molecule has 0 bridgehead atoms. The summed E-state index contributed by atoms with van der Waals surface area (Å²) in [7, 11) is 0. The molecule has 1 amide bonds. The lowest BCUT2D eigenvalue weighted by Gasteiger charge is -2.38. The van der Waals surface area contributed by atoms with Gasteiger partial charge in [-0.25, -0.2) is 8.78 Å². The number of amides is 1. The molecule has 1 aromatic rings. The molecule has 0 aromatic heterocycles. The van der Waals surface area contributed by atoms with Crippen molar-refractivity contribution < 1.29 is 23.5 Å². The third-order valence-corrected chi connectivity index (χ3v) is 5.68. The lowest BCUT2D eigenvalue weighted by Crippen LogP contribution is -2.49. The van der Waals surface area contributed by atoms with E-state index >= 15 is 0 Å². The molecule has 1 heterocycles. The van der Waals surface area contributed by atoms with E-state index in [0.717, 1.165) is 18.9 Å². The summed E-state index contributed by atoms with van der Waals surface area (Å²) in [5, 5.41) is 8.90. The van der Waals surface area contributed by atoms with Crippen LogP contribution in [0.1, 0.15) is 50.5 Å². The highest BCUT2D eigenvalue weighted by Gasteiger charge is 2.47. The number of carbonyl (C=O) groups is 2. The number of carbonyl (C=O) groups excluding carboxylic acids is 1. The molecule has 6 heteroatoms. The molecule has 4 nitrogen and oxygen atoms in total. The SMILES string of the molecule is O=C(O)CC1CCN(C(=O)C2(c3ccc(F)cc3F)CCCC2)CC1. The van der Waals surface area contributed by atoms with Crippen LogP contribution in [0.2, 0.25) is 0 Å². The first kappa shape index (κ1) is 17.8. The number of carboxylic acids is 1. The van der Waals surface area contributed by atoms with E-state index in [1.54, 1.807) is 4.90 Å². The summed E-state index contributed by atoms with van der Waals surface area (Å²) < 4.78 is 27.7. The maximum atomic E-state index is 14.4. The zero-order valence-corrected chi connectivity index (χ0v) is 14.1. The van der Waals surface area contributed by atoms with Gasteiger partial charge in [0.1, 0.15) is 11.6 Å². The predicted octanol–water partition coefficient (Wildman–Crippen LogP) is 3.49. The Morgan fingerprint density at radius 1 is 1.16 bits per heavy atom. The number of nitrogens with zero attached hydrogens (tertiary/aromatic N) is 1. The first-order chi connectivity index (χ1) is 11.9. The quantitative estimate of drug-likeness (QED) is 0.903. The topological polar surface area (TPSA) is 57.6 Å². The minimum absolute atomic E-state index is 0.0867. The van der Waals surface area contributed by atoms with Crippen LogP contribution in [0.25, 0.3) is 0 Å². The maximum Gasteiger partial charge on any atom is 0.303 e. The van der Waals surface area contributed by atoms with Gasteiger partial charge in [-0.1, -0.05) is 18.9 Å². The molecule has 1 saturated heterocycles. The van der Waals surface area contributed by atoms with Crippen molar-refractivity contribution in [3.05, 3.63) is 35.4 Å². The smallest absolute Gasteiger partial charge is 0.303 e. The van der Waals surface area contributed by atoms with Crippen molar-refractivity contribution in [3.8, 4) is 0 Å². The largest absolute Gasteiger partial charge is 0.481 e. The number of piperidine rings is 1. The molecule has 1 aliphatic heterocycles. The molecular formula is C19H23F2NO3. The summed E-state index contributed by atoms with van der Waals surface area (Å²) in [5.74, 6) is -2.12. The van der Waals surface area contributed by atoms with E-state index < -0.39 is 23.0 Å². The van der Waals surface area contributed by atoms with Gasteiger partial charge >= 0.3 is 5.97 Å². The lowest BCUT2D eigenvalue weighted by molar-refractivity contribution is -0.140. The van der Waals surface area contributed by atoms with E-state index in [4.69, 9.17) is 5.11 Å². The second-order valence-electron chi connectivity index (χ2n) is 7.25. The van der Waals surface area contributed by atoms with Gasteiger partial charge in [0.25, 0.3) is 0 Å². The summed E-state index contributed by atoms with van der Waals surface area (Å²) in [6, 6.07) is 3.47. The molecule has 3 rings (SSSR count). The van der Waals surface area contributed by atoms with Crippen LogP contribution in [0.3, 0.4) is 0 Å². The van der Waals surface area contributed by atoms with Gasteiger partial charge in [-0.15, -0.1) is 0 Å². The van der Waals surface area contributed by atoms with Crippen molar-refractivity contribution in [3.63, 3.8) is 0 Å². The van der Waals surface area contributed by atoms with Crippen molar-refractivity contribution in [2.24, 2.45) is 5.92 Å². The highest BCUT2D eigenvalue weighted by atomic mass is 19.1. The molecule has 0 unspecified atom stereocenters. The molecule has 25 heavy (non-hydrogen) atoms. The number of hydrogen-bond acceptors (Lipinski definition) is 2. The van der Waals surface area contributed by atoms with Crippen LogP contribution in [0, 0.1) is 17.6 Å². The van der Waals surface area contributed by atoms with Gasteiger partial charge in [0.05, 0.1) is 5.41 Å². The van der Waals surface area contributed by atoms with Crippen molar-refractivity contribution in [1.29, 1.82) is 0 Å². The van der Waals surface area contributed by atoms with Gasteiger partial charge in [-0.3, -0.25) is 9.59 Å². The first-order valence-electron chi connectivity index (χ1n) is 8.89. The highest BCUT2D eigenvalue weighted by molar-refractivity contribution is 5.89. The van der Waals surface area contributed by atoms with Crippen LogP contribution >= 0.6 is 0 Å². The van der Waals surface area contributed by atoms with Gasteiger partial charge < -0.3 is 10.0 Å². The Balaban J connectivity index is 1.79. The average Bonchev–Trinajstić information content (AvgIpc) is 3.05. The van der Waals surface area contributed by atoms with Gasteiger partial charge in [-0.2, -0.15) is 0 Å². The number of halogens is 2. The molecule has 0 radical (unpaired) electrons. The molecule has 1 saturated carbocycles. The number of carboxylic acid groups (broad SMARTS) is 1. The third kappa shape index (κ3) is 3.53. The van der Waals surface area contributed by atoms with Gasteiger partial charge in [0, 0.05) is 31.1 Å². The van der Waals surface area contributed by atoms with Gasteiger partial charge in [0.2, 0.25) is 5.91 Å². The Hall–Kier alpha value is -1.98. The van der Waals surface area contributed by atoms with E-state index in [0.29, 0.717) is 44.3 Å². The van der Waals surface area contributed by atoms with Crippen LogP contribution in [-0.4, -0.2) is 35.0 Å². The summed E-state index contributed by atoms with van der Waals surface area (Å²) in [6.07, 6.45) is 4.27. The predicted molar refractivity (Wildman–Crippen MR) is 88.1 cm³/mol. The number of likely N-dealkylation sites (tertiary alicyclic amines) is 1. The minimum Gasteiger partial charge on any atom is -0.481 e. The molecule has 136 valence electrons. The number of aliphatic carboxylic acids is 1. The Kier molecular flexibility index (Phi) is 5.06. The number of benzene rings is 1. The molecule has 2 fully saturated rings. The fourth-order valence-corrected chi connectivity index (χ4v) is 4.34. The molecule has 2 aliphatic rings. The normalized spacial score (nSPS) is 20.6. The van der Waals surface area contributed by atoms with Crippen molar-refractivity contribution in [2.75, 3.05) is 13.1 Å². The summed E-state index contributed by atoms with van der Waals surface area (Å²) in [6.45, 7) is 1.00. The molecule has 0 spiro atoms. The van der Waals surface area contributed by atoms with Crippen LogP contribution in [-0.2, 0) is 15.0 Å². The van der Waals surface area contributed by atoms with Crippen LogP contribution in [0.15, 0.2) is 18.2 Å². The van der Waals surface area contributed by atoms with Crippen LogP contribution in [0.4, 0.5) is 8.78 Å². The van der Waals surface area contributed by atoms with E-state index in [1.165, 1.54) is 12.1 Å². The zero-order valence-electron chi connectivity index (χ0n) is 14.1. The molecular weight excluding hydrogens is 328 g/mol. The Bertz CT molecular complexity index is 663. The maximum absolute atomic E-state index is 14.4. The van der Waals surface area contributed by atoms with Crippen molar-refractivity contribution >= 4 is 11.9 Å². The second-order valence-corrected chi connectivity index (χ2v) is 7.25. The second kappa shape index (κ2) is 7.10. The summed E-state index contributed by atoms with van der Waals surface area (Å²) in [4.78, 5) is 25.8. The van der Waals surface area contributed by atoms with Crippen molar-refractivity contribution in [1.82, 2.24) is 4.90 Å². The van der Waals surface area contributed by atoms with Crippen LogP contribution in [0.5, 0.6) is 0 Å². The third-order valence-electron chi connectivity index (χ3n) is 5.68. The first-order valence-corrected chi connectivity index (χ1v) is 8.89. The molecule has 1 aromatic carbocycles. The van der Waals surface area contributed by atoms with Crippen molar-refractivity contribution in [2.45, 2.75) is 50.4 Å². The highest BCUT2D eigenvalue weighted by Crippen LogP contribution is 2.44. The summed E-state index contributed by atoms with van der Waals surface area (Å²) in [5.41, 5.74) is -0.610. The van der Waals surface area contributed by atoms with E-state index in [9.17, 15) is 18.4 Å². The zero-order chi connectivity index (χ0) is 18.0. The summed E-state index contributed by atoms with van der Waals surface area (Å²) >= 11 is 0. The van der Waals surface area contributed by atoms with E-state index in [1.807, 2.05) is 0 Å². The molecule has 1 aliphatic carbocycles. The molecule has 0 atom stereocenters.